The van der Waals surface area contributed by atoms with Gasteiger partial charge in [0.1, 0.15) is 0 Å². The maximum atomic E-state index is 12.0. The summed E-state index contributed by atoms with van der Waals surface area (Å²) in [6, 6.07) is 2.44. The van der Waals surface area contributed by atoms with Gasteiger partial charge in [0.05, 0.1) is 12.3 Å². The van der Waals surface area contributed by atoms with E-state index in [1.165, 1.54) is 13.3 Å². The van der Waals surface area contributed by atoms with E-state index >= 15 is 0 Å². The molecule has 25 heavy (non-hydrogen) atoms. The molecule has 0 saturated carbocycles. The van der Waals surface area contributed by atoms with Crippen LogP contribution in [0.5, 0.6) is 0 Å². The number of hydrogen-bond acceptors (Lipinski definition) is 6. The van der Waals surface area contributed by atoms with E-state index in [9.17, 15) is 14.4 Å². The Kier molecular flexibility index (Phi) is 6.96. The molecule has 0 aliphatic carbocycles. The fourth-order valence-electron chi connectivity index (χ4n) is 2.64. The highest BCUT2D eigenvalue weighted by Gasteiger charge is 2.26. The van der Waals surface area contributed by atoms with Gasteiger partial charge >= 0.3 is 6.03 Å². The van der Waals surface area contributed by atoms with Crippen molar-refractivity contribution in [2.24, 2.45) is 0 Å². The first-order valence-corrected chi connectivity index (χ1v) is 8.32. The van der Waals surface area contributed by atoms with E-state index in [2.05, 4.69) is 20.9 Å². The predicted octanol–water partition coefficient (Wildman–Crippen LogP) is -0.529. The molecule has 0 bridgehead atoms. The summed E-state index contributed by atoms with van der Waals surface area (Å²) in [6.07, 6.45) is 1.47. The van der Waals surface area contributed by atoms with Crippen LogP contribution in [0.1, 0.15) is 17.5 Å². The number of imide groups is 1. The van der Waals surface area contributed by atoms with Gasteiger partial charge in [0.15, 0.2) is 5.76 Å². The Bertz CT molecular complexity index is 581. The summed E-state index contributed by atoms with van der Waals surface area (Å²) in [4.78, 5) is 39.2. The molecule has 2 rings (SSSR count). The van der Waals surface area contributed by atoms with Gasteiger partial charge < -0.3 is 15.1 Å². The van der Waals surface area contributed by atoms with Crippen molar-refractivity contribution in [3.8, 4) is 0 Å². The molecule has 1 aliphatic heterocycles. The highest BCUT2D eigenvalue weighted by molar-refractivity contribution is 5.96. The third-order valence-electron chi connectivity index (χ3n) is 4.26. The van der Waals surface area contributed by atoms with Gasteiger partial charge in [0.25, 0.3) is 5.91 Å². The fraction of sp³-hybridized carbons (Fsp3) is 0.562. The van der Waals surface area contributed by atoms with E-state index in [0.717, 1.165) is 32.7 Å². The summed E-state index contributed by atoms with van der Waals surface area (Å²) in [5.41, 5.74) is 0. The van der Waals surface area contributed by atoms with E-state index in [1.54, 1.807) is 19.1 Å². The molecule has 0 radical (unpaired) electrons. The lowest BCUT2D eigenvalue weighted by molar-refractivity contribution is -0.125. The van der Waals surface area contributed by atoms with Crippen molar-refractivity contribution in [1.82, 2.24) is 25.8 Å². The predicted molar refractivity (Wildman–Crippen MR) is 91.1 cm³/mol. The molecule has 1 aromatic heterocycles. The summed E-state index contributed by atoms with van der Waals surface area (Å²) >= 11 is 0. The van der Waals surface area contributed by atoms with Crippen LogP contribution in [0.2, 0.25) is 0 Å². The quantitative estimate of drug-likeness (QED) is 0.636. The average Bonchev–Trinajstić information content (AvgIpc) is 3.16. The number of hydrogen-bond donors (Lipinski definition) is 3. The molecule has 1 aromatic rings. The van der Waals surface area contributed by atoms with Crippen molar-refractivity contribution in [1.29, 1.82) is 0 Å². The number of amides is 4. The molecule has 0 spiro atoms. The van der Waals surface area contributed by atoms with Gasteiger partial charge in [-0.1, -0.05) is 0 Å². The van der Waals surface area contributed by atoms with Crippen LogP contribution in [0.25, 0.3) is 0 Å². The van der Waals surface area contributed by atoms with Gasteiger partial charge in [0, 0.05) is 46.3 Å². The minimum Gasteiger partial charge on any atom is -0.459 e. The summed E-state index contributed by atoms with van der Waals surface area (Å²) in [5, 5.41) is 7.48. The summed E-state index contributed by atoms with van der Waals surface area (Å²) in [7, 11) is 1.47. The second-order valence-electron chi connectivity index (χ2n) is 5.86. The van der Waals surface area contributed by atoms with Gasteiger partial charge in [-0.05, 0) is 19.1 Å². The molecule has 1 atom stereocenters. The lowest BCUT2D eigenvalue weighted by Crippen LogP contribution is -2.55. The molecule has 1 aliphatic rings. The molecule has 1 fully saturated rings. The maximum absolute atomic E-state index is 12.0. The van der Waals surface area contributed by atoms with Gasteiger partial charge in [-0.2, -0.15) is 0 Å². The van der Waals surface area contributed by atoms with E-state index in [1.807, 2.05) is 4.90 Å². The second kappa shape index (κ2) is 9.19. The zero-order chi connectivity index (χ0) is 18.2. The van der Waals surface area contributed by atoms with Crippen molar-refractivity contribution in [3.05, 3.63) is 24.2 Å². The van der Waals surface area contributed by atoms with Crippen LogP contribution in [0.3, 0.4) is 0 Å². The number of carbonyl (C=O) groups is 3. The van der Waals surface area contributed by atoms with Crippen molar-refractivity contribution < 1.29 is 18.8 Å². The molecule has 1 saturated heterocycles. The molecular weight excluding hydrogens is 326 g/mol. The van der Waals surface area contributed by atoms with E-state index in [-0.39, 0.29) is 17.9 Å². The highest BCUT2D eigenvalue weighted by atomic mass is 16.3. The molecule has 0 aromatic carbocycles. The van der Waals surface area contributed by atoms with Crippen molar-refractivity contribution >= 4 is 17.8 Å². The molecular formula is C16H25N5O4. The van der Waals surface area contributed by atoms with Crippen LogP contribution in [-0.4, -0.2) is 80.0 Å². The van der Waals surface area contributed by atoms with Crippen LogP contribution < -0.4 is 16.0 Å². The summed E-state index contributed by atoms with van der Waals surface area (Å²) in [5.74, 6) is -0.220. The average molecular weight is 351 g/mol. The molecule has 3 N–H and O–H groups in total. The van der Waals surface area contributed by atoms with Gasteiger partial charge in [-0.15, -0.1) is 0 Å². The van der Waals surface area contributed by atoms with Gasteiger partial charge in [-0.25, -0.2) is 4.79 Å². The number of rotatable bonds is 6. The monoisotopic (exact) mass is 351 g/mol. The number of urea groups is 1. The molecule has 138 valence electrons. The third-order valence-corrected chi connectivity index (χ3v) is 4.26. The SMILES string of the molecule is CNC(=O)NC(=O)C(C)N1CCN(CCNC(=O)c2ccco2)CC1. The number of nitrogens with zero attached hydrogens (tertiary/aromatic N) is 2. The zero-order valence-electron chi connectivity index (χ0n) is 14.6. The van der Waals surface area contributed by atoms with Crippen LogP contribution in [0.15, 0.2) is 22.8 Å². The van der Waals surface area contributed by atoms with Crippen molar-refractivity contribution in [3.63, 3.8) is 0 Å². The van der Waals surface area contributed by atoms with E-state index < -0.39 is 6.03 Å². The topological polar surface area (TPSA) is 107 Å². The summed E-state index contributed by atoms with van der Waals surface area (Å²) < 4.78 is 5.04. The Morgan fingerprint density at radius 1 is 1.24 bits per heavy atom. The molecule has 9 heteroatoms. The Labute approximate surface area is 146 Å². The Morgan fingerprint density at radius 3 is 2.56 bits per heavy atom. The number of nitrogens with one attached hydrogen (secondary N) is 3. The normalized spacial score (nSPS) is 16.9. The van der Waals surface area contributed by atoms with Crippen LogP contribution in [0, 0.1) is 0 Å². The minimum atomic E-state index is -0.497. The van der Waals surface area contributed by atoms with Crippen LogP contribution in [0.4, 0.5) is 4.79 Å². The van der Waals surface area contributed by atoms with Gasteiger partial charge in [-0.3, -0.25) is 24.7 Å². The smallest absolute Gasteiger partial charge is 0.321 e. The lowest BCUT2D eigenvalue weighted by atomic mass is 10.2. The first-order chi connectivity index (χ1) is 12.0. The first kappa shape index (κ1) is 18.9. The van der Waals surface area contributed by atoms with E-state index in [0.29, 0.717) is 12.3 Å². The summed E-state index contributed by atoms with van der Waals surface area (Å²) in [6.45, 7) is 6.12. The first-order valence-electron chi connectivity index (χ1n) is 8.32. The Balaban J connectivity index is 1.66. The van der Waals surface area contributed by atoms with Crippen LogP contribution in [-0.2, 0) is 4.79 Å². The number of carbonyl (C=O) groups excluding carboxylic acids is 3. The van der Waals surface area contributed by atoms with Crippen LogP contribution >= 0.6 is 0 Å². The number of furan rings is 1. The van der Waals surface area contributed by atoms with Crippen molar-refractivity contribution in [2.45, 2.75) is 13.0 Å². The molecule has 4 amide bonds. The number of piperazine rings is 1. The largest absolute Gasteiger partial charge is 0.459 e. The maximum Gasteiger partial charge on any atom is 0.321 e. The molecule has 1 unspecified atom stereocenters. The van der Waals surface area contributed by atoms with Gasteiger partial charge in [0.2, 0.25) is 5.91 Å². The van der Waals surface area contributed by atoms with E-state index in [4.69, 9.17) is 4.42 Å². The molecule has 2 heterocycles. The minimum absolute atomic E-state index is 0.219. The lowest BCUT2D eigenvalue weighted by Gasteiger charge is -2.37. The fourth-order valence-corrected chi connectivity index (χ4v) is 2.64. The Hall–Kier alpha value is -2.39. The van der Waals surface area contributed by atoms with Crippen molar-refractivity contribution in [2.75, 3.05) is 46.3 Å². The zero-order valence-corrected chi connectivity index (χ0v) is 14.6. The second-order valence-corrected chi connectivity index (χ2v) is 5.86. The standard InChI is InChI=1S/C16H25N5O4/c1-12(14(22)19-16(24)17-2)21-9-7-20(8-10-21)6-5-18-15(23)13-4-3-11-25-13/h3-4,11-12H,5-10H2,1-2H3,(H,18,23)(H2,17,19,22,24). The molecule has 9 nitrogen and oxygen atoms in total. The highest BCUT2D eigenvalue weighted by Crippen LogP contribution is 2.06. The third kappa shape index (κ3) is 5.57. The Morgan fingerprint density at radius 2 is 1.96 bits per heavy atom.